The van der Waals surface area contributed by atoms with Crippen molar-refractivity contribution in [2.24, 2.45) is 0 Å². The number of aliphatic hydroxyl groups excluding tert-OH is 1. The second-order valence-corrected chi connectivity index (χ2v) is 6.21. The van der Waals surface area contributed by atoms with Crippen LogP contribution in [0.4, 0.5) is 5.69 Å². The van der Waals surface area contributed by atoms with Crippen LogP contribution in [-0.2, 0) is 16.4 Å². The maximum absolute atomic E-state index is 12.1. The monoisotopic (exact) mass is 255 g/mol. The molecule has 2 rings (SSSR count). The Morgan fingerprint density at radius 3 is 2.76 bits per heavy atom. The van der Waals surface area contributed by atoms with Crippen molar-refractivity contribution in [1.29, 1.82) is 0 Å². The SMILES string of the molecule is O=S(=O)(CCO)N1CCCCc2ccccc21. The Morgan fingerprint density at radius 1 is 1.24 bits per heavy atom. The average Bonchev–Trinajstić information content (AvgIpc) is 2.51. The number of sulfonamides is 1. The van der Waals surface area contributed by atoms with Crippen molar-refractivity contribution in [2.75, 3.05) is 23.2 Å². The molecule has 1 N–H and O–H groups in total. The van der Waals surface area contributed by atoms with Gasteiger partial charge in [-0.15, -0.1) is 0 Å². The lowest BCUT2D eigenvalue weighted by molar-refractivity contribution is 0.319. The van der Waals surface area contributed by atoms with Gasteiger partial charge in [0.15, 0.2) is 0 Å². The fourth-order valence-electron chi connectivity index (χ4n) is 2.17. The van der Waals surface area contributed by atoms with Gasteiger partial charge in [0.25, 0.3) is 0 Å². The Morgan fingerprint density at radius 2 is 2.00 bits per heavy atom. The highest BCUT2D eigenvalue weighted by atomic mass is 32.2. The Bertz CT molecular complexity index is 484. The number of aryl methyl sites for hydroxylation is 1. The largest absolute Gasteiger partial charge is 0.395 e. The van der Waals surface area contributed by atoms with Gasteiger partial charge in [-0.2, -0.15) is 0 Å². The zero-order chi connectivity index (χ0) is 12.3. The van der Waals surface area contributed by atoms with Crippen LogP contribution in [-0.4, -0.2) is 32.4 Å². The van der Waals surface area contributed by atoms with Crippen LogP contribution in [0.15, 0.2) is 24.3 Å². The van der Waals surface area contributed by atoms with Gasteiger partial charge in [-0.25, -0.2) is 8.42 Å². The first-order valence-electron chi connectivity index (χ1n) is 5.84. The molecule has 1 aromatic rings. The molecule has 1 aliphatic heterocycles. The number of anilines is 1. The second-order valence-electron chi connectivity index (χ2n) is 4.20. The van der Waals surface area contributed by atoms with E-state index >= 15 is 0 Å². The van der Waals surface area contributed by atoms with Crippen molar-refractivity contribution in [3.63, 3.8) is 0 Å². The van der Waals surface area contributed by atoms with Gasteiger partial charge in [0.2, 0.25) is 10.0 Å². The lowest BCUT2D eigenvalue weighted by Gasteiger charge is -2.24. The number of aliphatic hydroxyl groups is 1. The topological polar surface area (TPSA) is 57.6 Å². The van der Waals surface area contributed by atoms with Crippen molar-refractivity contribution in [2.45, 2.75) is 19.3 Å². The smallest absolute Gasteiger partial charge is 0.237 e. The molecule has 0 unspecified atom stereocenters. The predicted octanol–water partition coefficient (Wildman–Crippen LogP) is 1.15. The van der Waals surface area contributed by atoms with Crippen LogP contribution in [0.1, 0.15) is 18.4 Å². The molecule has 0 aliphatic carbocycles. The lowest BCUT2D eigenvalue weighted by atomic mass is 10.1. The summed E-state index contributed by atoms with van der Waals surface area (Å²) in [5.41, 5.74) is 1.85. The van der Waals surface area contributed by atoms with Crippen LogP contribution in [0.25, 0.3) is 0 Å². The maximum atomic E-state index is 12.1. The van der Waals surface area contributed by atoms with E-state index in [0.717, 1.165) is 30.5 Å². The molecular weight excluding hydrogens is 238 g/mol. The summed E-state index contributed by atoms with van der Waals surface area (Å²) < 4.78 is 25.6. The highest BCUT2D eigenvalue weighted by molar-refractivity contribution is 7.92. The zero-order valence-electron chi connectivity index (χ0n) is 9.67. The number of rotatable bonds is 3. The summed E-state index contributed by atoms with van der Waals surface area (Å²) >= 11 is 0. The third-order valence-corrected chi connectivity index (χ3v) is 4.75. The summed E-state index contributed by atoms with van der Waals surface area (Å²) in [6.07, 6.45) is 2.78. The molecule has 0 saturated carbocycles. The first-order valence-corrected chi connectivity index (χ1v) is 7.45. The van der Waals surface area contributed by atoms with E-state index < -0.39 is 10.0 Å². The van der Waals surface area contributed by atoms with Gasteiger partial charge in [0.1, 0.15) is 0 Å². The standard InChI is InChI=1S/C12H17NO3S/c14-9-10-17(15,16)13-8-4-3-6-11-5-1-2-7-12(11)13/h1-2,5,7,14H,3-4,6,8-10H2. The van der Waals surface area contributed by atoms with Gasteiger partial charge >= 0.3 is 0 Å². The second kappa shape index (κ2) is 5.06. The first-order chi connectivity index (χ1) is 8.15. The molecule has 94 valence electrons. The van der Waals surface area contributed by atoms with E-state index in [2.05, 4.69) is 0 Å². The number of para-hydroxylation sites is 1. The Labute approximate surface area is 102 Å². The number of hydrogen-bond acceptors (Lipinski definition) is 3. The van der Waals surface area contributed by atoms with Crippen LogP contribution in [0, 0.1) is 0 Å². The Kier molecular flexibility index (Phi) is 3.69. The van der Waals surface area contributed by atoms with Crippen LogP contribution < -0.4 is 4.31 Å². The molecule has 0 saturated heterocycles. The molecule has 0 fully saturated rings. The van der Waals surface area contributed by atoms with Gasteiger partial charge in [-0.1, -0.05) is 18.2 Å². The van der Waals surface area contributed by atoms with Crippen molar-refractivity contribution < 1.29 is 13.5 Å². The average molecular weight is 255 g/mol. The summed E-state index contributed by atoms with van der Waals surface area (Å²) in [7, 11) is -3.39. The number of fused-ring (bicyclic) bond motifs is 1. The molecule has 1 aromatic carbocycles. The zero-order valence-corrected chi connectivity index (χ0v) is 10.5. The van der Waals surface area contributed by atoms with Crippen LogP contribution in [0.2, 0.25) is 0 Å². The van der Waals surface area contributed by atoms with Gasteiger partial charge in [-0.3, -0.25) is 4.31 Å². The summed E-state index contributed by atoms with van der Waals surface area (Å²) in [4.78, 5) is 0. The molecule has 1 heterocycles. The molecule has 0 spiro atoms. The predicted molar refractivity (Wildman–Crippen MR) is 67.6 cm³/mol. The van der Waals surface area contributed by atoms with Crippen LogP contribution in [0.3, 0.4) is 0 Å². The van der Waals surface area contributed by atoms with Gasteiger partial charge in [-0.05, 0) is 30.9 Å². The molecular formula is C12H17NO3S. The third-order valence-electron chi connectivity index (χ3n) is 3.00. The molecule has 5 heteroatoms. The molecule has 17 heavy (non-hydrogen) atoms. The van der Waals surface area contributed by atoms with Crippen molar-refractivity contribution in [1.82, 2.24) is 0 Å². The highest BCUT2D eigenvalue weighted by Crippen LogP contribution is 2.28. The van der Waals surface area contributed by atoms with E-state index in [9.17, 15) is 8.42 Å². The van der Waals surface area contributed by atoms with Crippen molar-refractivity contribution in [3.05, 3.63) is 29.8 Å². The van der Waals surface area contributed by atoms with Gasteiger partial charge < -0.3 is 5.11 Å². The van der Waals surface area contributed by atoms with Crippen LogP contribution in [0.5, 0.6) is 0 Å². The Balaban J connectivity index is 2.41. The van der Waals surface area contributed by atoms with E-state index in [1.165, 1.54) is 4.31 Å². The summed E-state index contributed by atoms with van der Waals surface area (Å²) in [5.74, 6) is -0.207. The molecule has 0 aromatic heterocycles. The van der Waals surface area contributed by atoms with E-state index in [4.69, 9.17) is 5.11 Å². The van der Waals surface area contributed by atoms with E-state index in [0.29, 0.717) is 6.54 Å². The van der Waals surface area contributed by atoms with E-state index in [-0.39, 0.29) is 12.4 Å². The lowest BCUT2D eigenvalue weighted by Crippen LogP contribution is -2.34. The van der Waals surface area contributed by atoms with Crippen molar-refractivity contribution >= 4 is 15.7 Å². The van der Waals surface area contributed by atoms with Gasteiger partial charge in [0.05, 0.1) is 18.0 Å². The van der Waals surface area contributed by atoms with Crippen LogP contribution >= 0.6 is 0 Å². The maximum Gasteiger partial charge on any atom is 0.237 e. The fraction of sp³-hybridized carbons (Fsp3) is 0.500. The molecule has 0 bridgehead atoms. The molecule has 1 aliphatic rings. The minimum absolute atomic E-state index is 0.207. The molecule has 0 amide bonds. The molecule has 0 radical (unpaired) electrons. The summed E-state index contributed by atoms with van der Waals surface area (Å²) in [5, 5.41) is 8.84. The Hall–Kier alpha value is -1.07. The van der Waals surface area contributed by atoms with Crippen molar-refractivity contribution in [3.8, 4) is 0 Å². The first kappa shape index (κ1) is 12.4. The minimum Gasteiger partial charge on any atom is -0.395 e. The molecule has 4 nitrogen and oxygen atoms in total. The molecule has 0 atom stereocenters. The summed E-state index contributed by atoms with van der Waals surface area (Å²) in [6.45, 7) is 0.181. The van der Waals surface area contributed by atoms with Gasteiger partial charge in [0, 0.05) is 6.54 Å². The number of hydrogen-bond donors (Lipinski definition) is 1. The fourth-order valence-corrected chi connectivity index (χ4v) is 3.51. The summed E-state index contributed by atoms with van der Waals surface area (Å²) in [6, 6.07) is 7.60. The van der Waals surface area contributed by atoms with E-state index in [1.54, 1.807) is 0 Å². The number of nitrogens with zero attached hydrogens (tertiary/aromatic N) is 1. The normalized spacial score (nSPS) is 16.4. The van der Waals surface area contributed by atoms with E-state index in [1.807, 2.05) is 24.3 Å². The number of benzene rings is 1. The minimum atomic E-state index is -3.39. The third kappa shape index (κ3) is 2.61. The highest BCUT2D eigenvalue weighted by Gasteiger charge is 2.25. The quantitative estimate of drug-likeness (QED) is 0.881.